The molecule has 2 aromatic carbocycles. The van der Waals surface area contributed by atoms with E-state index in [9.17, 15) is 9.59 Å². The van der Waals surface area contributed by atoms with Gasteiger partial charge in [0, 0.05) is 5.92 Å². The van der Waals surface area contributed by atoms with Gasteiger partial charge in [-0.3, -0.25) is 4.79 Å². The Bertz CT molecular complexity index is 1160. The third-order valence-electron chi connectivity index (χ3n) is 5.87. The third kappa shape index (κ3) is 8.67. The predicted octanol–water partition coefficient (Wildman–Crippen LogP) is 6.09. The summed E-state index contributed by atoms with van der Waals surface area (Å²) in [6.07, 6.45) is 4.06. The monoisotopic (exact) mass is 523 g/mol. The molecule has 0 unspecified atom stereocenters. The van der Waals surface area contributed by atoms with E-state index in [0.29, 0.717) is 36.6 Å². The van der Waals surface area contributed by atoms with Crippen LogP contribution in [0.5, 0.6) is 6.01 Å². The number of ether oxygens (including phenoxy) is 1. The number of carbonyl (C=O) groups is 2. The molecule has 0 radical (unpaired) electrons. The molecule has 1 heterocycles. The Hall–Kier alpha value is -3.26. The van der Waals surface area contributed by atoms with Crippen LogP contribution in [-0.2, 0) is 11.3 Å². The normalized spacial score (nSPS) is 13.4. The van der Waals surface area contributed by atoms with Crippen LogP contribution in [0.1, 0.15) is 74.1 Å². The first-order chi connectivity index (χ1) is 17.8. The highest BCUT2D eigenvalue weighted by atomic mass is 32.1. The van der Waals surface area contributed by atoms with Crippen molar-refractivity contribution in [1.29, 1.82) is 0 Å². The molecule has 1 atom stereocenters. The van der Waals surface area contributed by atoms with Crippen molar-refractivity contribution in [2.45, 2.75) is 64.2 Å². The van der Waals surface area contributed by atoms with Gasteiger partial charge in [-0.15, -0.1) is 0 Å². The lowest BCUT2D eigenvalue weighted by molar-refractivity contribution is -0.121. The van der Waals surface area contributed by atoms with Crippen LogP contribution >= 0.6 is 12.6 Å². The molecule has 7 nitrogen and oxygen atoms in total. The fraction of sp³-hybridized carbons (Fsp3) is 0.414. The van der Waals surface area contributed by atoms with Crippen molar-refractivity contribution >= 4 is 24.5 Å². The highest BCUT2D eigenvalue weighted by Crippen LogP contribution is 2.41. The molecule has 1 aromatic heterocycles. The lowest BCUT2D eigenvalue weighted by Gasteiger charge is -2.13. The number of imidazole rings is 1. The SMILES string of the molecule is CCCOc1nc(C2CC2)c(CNC(=O)[C@@H](S)CC(C)C)[nH]1.O=C(O)c1ccccc1-c1ccccc1. The first-order valence-corrected chi connectivity index (χ1v) is 13.4. The van der Waals surface area contributed by atoms with Crippen LogP contribution in [0, 0.1) is 5.92 Å². The number of hydrogen-bond donors (Lipinski definition) is 4. The van der Waals surface area contributed by atoms with Crippen molar-refractivity contribution < 1.29 is 19.4 Å². The second kappa shape index (κ2) is 13.9. The number of nitrogens with zero attached hydrogens (tertiary/aromatic N) is 1. The van der Waals surface area contributed by atoms with Crippen molar-refractivity contribution in [2.24, 2.45) is 5.92 Å². The maximum atomic E-state index is 12.1. The maximum absolute atomic E-state index is 12.1. The summed E-state index contributed by atoms with van der Waals surface area (Å²) >= 11 is 4.38. The lowest BCUT2D eigenvalue weighted by atomic mass is 10.00. The van der Waals surface area contributed by atoms with E-state index < -0.39 is 5.97 Å². The second-order valence-corrected chi connectivity index (χ2v) is 10.2. The van der Waals surface area contributed by atoms with E-state index in [-0.39, 0.29) is 11.2 Å². The summed E-state index contributed by atoms with van der Waals surface area (Å²) in [7, 11) is 0. The average Bonchev–Trinajstić information content (AvgIpc) is 3.66. The van der Waals surface area contributed by atoms with Crippen molar-refractivity contribution in [3.05, 3.63) is 71.5 Å². The molecule has 37 heavy (non-hydrogen) atoms. The van der Waals surface area contributed by atoms with E-state index in [1.165, 1.54) is 12.8 Å². The molecule has 1 amide bonds. The molecule has 0 spiro atoms. The minimum Gasteiger partial charge on any atom is -0.478 e. The van der Waals surface area contributed by atoms with Gasteiger partial charge < -0.3 is 20.1 Å². The number of carboxylic acid groups (broad SMARTS) is 1. The highest BCUT2D eigenvalue weighted by Gasteiger charge is 2.30. The third-order valence-corrected chi connectivity index (χ3v) is 6.32. The van der Waals surface area contributed by atoms with Crippen molar-refractivity contribution in [2.75, 3.05) is 6.61 Å². The van der Waals surface area contributed by atoms with Gasteiger partial charge in [0.05, 0.1) is 35.4 Å². The van der Waals surface area contributed by atoms with E-state index in [1.807, 2.05) is 42.5 Å². The first kappa shape index (κ1) is 28.3. The van der Waals surface area contributed by atoms with Crippen LogP contribution in [0.15, 0.2) is 54.6 Å². The van der Waals surface area contributed by atoms with Crippen LogP contribution in [0.3, 0.4) is 0 Å². The van der Waals surface area contributed by atoms with Crippen molar-refractivity contribution in [1.82, 2.24) is 15.3 Å². The van der Waals surface area contributed by atoms with Crippen LogP contribution in [0.25, 0.3) is 11.1 Å². The van der Waals surface area contributed by atoms with E-state index in [4.69, 9.17) is 9.84 Å². The van der Waals surface area contributed by atoms with Crippen LogP contribution in [0.2, 0.25) is 0 Å². The average molecular weight is 524 g/mol. The number of aromatic amines is 1. The fourth-order valence-corrected chi connectivity index (χ4v) is 4.39. The molecule has 4 rings (SSSR count). The molecule has 1 saturated carbocycles. The van der Waals surface area contributed by atoms with Gasteiger partial charge in [-0.1, -0.05) is 69.3 Å². The largest absolute Gasteiger partial charge is 0.478 e. The maximum Gasteiger partial charge on any atom is 0.336 e. The van der Waals surface area contributed by atoms with Gasteiger partial charge >= 0.3 is 5.97 Å². The summed E-state index contributed by atoms with van der Waals surface area (Å²) in [5.74, 6) is 0.0555. The fourth-order valence-electron chi connectivity index (χ4n) is 3.88. The smallest absolute Gasteiger partial charge is 0.336 e. The predicted molar refractivity (Wildman–Crippen MR) is 149 cm³/mol. The molecule has 3 N–H and O–H groups in total. The first-order valence-electron chi connectivity index (χ1n) is 12.8. The molecule has 0 saturated heterocycles. The van der Waals surface area contributed by atoms with Crippen molar-refractivity contribution in [3.63, 3.8) is 0 Å². The molecule has 8 heteroatoms. The zero-order valence-corrected chi connectivity index (χ0v) is 22.6. The van der Waals surface area contributed by atoms with Gasteiger partial charge in [0.1, 0.15) is 0 Å². The number of aromatic nitrogens is 2. The minimum absolute atomic E-state index is 0.0237. The number of H-pyrrole nitrogens is 1. The Kier molecular flexibility index (Phi) is 10.6. The van der Waals surface area contributed by atoms with Gasteiger partial charge in [0.25, 0.3) is 6.01 Å². The van der Waals surface area contributed by atoms with Crippen LogP contribution in [-0.4, -0.2) is 38.8 Å². The molecular formula is C29H37N3O4S. The van der Waals surface area contributed by atoms with Gasteiger partial charge in [0.15, 0.2) is 0 Å². The molecule has 3 aromatic rings. The lowest BCUT2D eigenvalue weighted by Crippen LogP contribution is -2.32. The Labute approximate surface area is 224 Å². The van der Waals surface area contributed by atoms with E-state index in [0.717, 1.165) is 35.4 Å². The van der Waals surface area contributed by atoms with E-state index in [1.54, 1.807) is 12.1 Å². The second-order valence-electron chi connectivity index (χ2n) is 9.61. The van der Waals surface area contributed by atoms with E-state index >= 15 is 0 Å². The molecule has 0 aliphatic heterocycles. The molecular weight excluding hydrogens is 486 g/mol. The van der Waals surface area contributed by atoms with Gasteiger partial charge in [0.2, 0.25) is 5.91 Å². The summed E-state index contributed by atoms with van der Waals surface area (Å²) in [5.41, 5.74) is 4.03. The van der Waals surface area contributed by atoms with Gasteiger partial charge in [-0.05, 0) is 48.8 Å². The molecule has 198 valence electrons. The zero-order chi connectivity index (χ0) is 26.8. The number of amides is 1. The zero-order valence-electron chi connectivity index (χ0n) is 21.7. The highest BCUT2D eigenvalue weighted by molar-refractivity contribution is 7.81. The number of hydrogen-bond acceptors (Lipinski definition) is 5. The number of nitrogens with one attached hydrogen (secondary N) is 2. The van der Waals surface area contributed by atoms with Crippen LogP contribution < -0.4 is 10.1 Å². The number of aromatic carboxylic acids is 1. The number of rotatable bonds is 11. The Morgan fingerprint density at radius 2 is 1.81 bits per heavy atom. The quantitative estimate of drug-likeness (QED) is 0.228. The summed E-state index contributed by atoms with van der Waals surface area (Å²) in [6.45, 7) is 7.36. The number of benzene rings is 2. The van der Waals surface area contributed by atoms with Crippen molar-refractivity contribution in [3.8, 4) is 17.1 Å². The summed E-state index contributed by atoms with van der Waals surface area (Å²) in [5, 5.41) is 11.7. The molecule has 1 fully saturated rings. The van der Waals surface area contributed by atoms with Crippen LogP contribution in [0.4, 0.5) is 0 Å². The Balaban J connectivity index is 0.000000220. The minimum atomic E-state index is -0.894. The molecule has 1 aliphatic carbocycles. The topological polar surface area (TPSA) is 104 Å². The Morgan fingerprint density at radius 1 is 1.14 bits per heavy atom. The number of carbonyl (C=O) groups excluding carboxylic acids is 1. The van der Waals surface area contributed by atoms with Gasteiger partial charge in [-0.25, -0.2) is 4.79 Å². The number of thiol groups is 1. The standard InChI is InChI=1S/C16H27N3O2S.C13H10O2/c1-4-7-21-16-18-12(14(19-16)11-5-6-11)9-17-15(20)13(22)8-10(2)3;14-13(15)12-9-5-4-8-11(12)10-6-2-1-3-7-10/h10-11,13,22H,4-9H2,1-3H3,(H,17,20)(H,18,19);1-9H,(H,14,15)/t13-;/m0./s1. The summed E-state index contributed by atoms with van der Waals surface area (Å²) in [6, 6.07) is 17.1. The molecule has 1 aliphatic rings. The Morgan fingerprint density at radius 3 is 2.43 bits per heavy atom. The number of carboxylic acids is 1. The summed E-state index contributed by atoms with van der Waals surface area (Å²) < 4.78 is 5.57. The molecule has 0 bridgehead atoms. The van der Waals surface area contributed by atoms with E-state index in [2.05, 4.69) is 48.7 Å². The summed E-state index contributed by atoms with van der Waals surface area (Å²) in [4.78, 5) is 30.8. The van der Waals surface area contributed by atoms with Gasteiger partial charge in [-0.2, -0.15) is 17.6 Å².